The lowest BCUT2D eigenvalue weighted by atomic mass is 10.0. The second-order valence-electron chi connectivity index (χ2n) is 3.40. The highest BCUT2D eigenvalue weighted by Gasteiger charge is 2.11. The van der Waals surface area contributed by atoms with Crippen LogP contribution in [0.4, 0.5) is 0 Å². The molecule has 3 nitrogen and oxygen atoms in total. The van der Waals surface area contributed by atoms with Gasteiger partial charge in [-0.3, -0.25) is 4.79 Å². The first-order valence-electron chi connectivity index (χ1n) is 4.47. The van der Waals surface area contributed by atoms with Crippen LogP contribution in [0.2, 0.25) is 0 Å². The van der Waals surface area contributed by atoms with Gasteiger partial charge in [-0.1, -0.05) is 13.8 Å². The quantitative estimate of drug-likeness (QED) is 0.702. The van der Waals surface area contributed by atoms with E-state index in [0.29, 0.717) is 18.9 Å². The van der Waals surface area contributed by atoms with Crippen LogP contribution in [0.15, 0.2) is 0 Å². The molecule has 0 heterocycles. The van der Waals surface area contributed by atoms with E-state index in [1.165, 1.54) is 0 Å². The van der Waals surface area contributed by atoms with E-state index < -0.39 is 0 Å². The van der Waals surface area contributed by atoms with Crippen molar-refractivity contribution in [1.29, 1.82) is 0 Å². The number of rotatable bonds is 5. The Hall–Kier alpha value is -0.280. The van der Waals surface area contributed by atoms with Crippen LogP contribution in [-0.4, -0.2) is 18.6 Å². The zero-order chi connectivity index (χ0) is 9.56. The van der Waals surface area contributed by atoms with E-state index >= 15 is 0 Å². The molecule has 0 aliphatic rings. The minimum atomic E-state index is -0.189. The Bertz CT molecular complexity index is 140. The summed E-state index contributed by atoms with van der Waals surface area (Å²) in [6.45, 7) is 6.41. The van der Waals surface area contributed by atoms with Gasteiger partial charge in [-0.15, -0.1) is 12.4 Å². The van der Waals surface area contributed by atoms with Crippen molar-refractivity contribution < 1.29 is 9.53 Å². The molecule has 0 saturated heterocycles. The Morgan fingerprint density at radius 2 is 2.00 bits per heavy atom. The molecule has 4 heteroatoms. The molecule has 0 rings (SSSR count). The summed E-state index contributed by atoms with van der Waals surface area (Å²) >= 11 is 0. The monoisotopic (exact) mass is 209 g/mol. The number of carbonyl (C=O) groups is 1. The van der Waals surface area contributed by atoms with Crippen LogP contribution in [0.5, 0.6) is 0 Å². The van der Waals surface area contributed by atoms with Crippen molar-refractivity contribution in [3.63, 3.8) is 0 Å². The van der Waals surface area contributed by atoms with E-state index in [-0.39, 0.29) is 24.4 Å². The molecule has 2 N–H and O–H groups in total. The van der Waals surface area contributed by atoms with Crippen LogP contribution in [0, 0.1) is 5.92 Å². The molecule has 0 aromatic rings. The second kappa shape index (κ2) is 8.32. The Balaban J connectivity index is 0. The molecule has 0 aromatic heterocycles. The third-order valence-corrected chi connectivity index (χ3v) is 1.51. The topological polar surface area (TPSA) is 52.3 Å². The highest BCUT2D eigenvalue weighted by Crippen LogP contribution is 2.06. The van der Waals surface area contributed by atoms with E-state index in [4.69, 9.17) is 10.5 Å². The summed E-state index contributed by atoms with van der Waals surface area (Å²) < 4.78 is 4.78. The molecule has 0 spiro atoms. The average molecular weight is 210 g/mol. The predicted octanol–water partition coefficient (Wildman–Crippen LogP) is 1.73. The van der Waals surface area contributed by atoms with Gasteiger partial charge in [-0.05, 0) is 19.3 Å². The fourth-order valence-electron chi connectivity index (χ4n) is 1.12. The summed E-state index contributed by atoms with van der Waals surface area (Å²) in [7, 11) is 0. The number of hydrogen-bond acceptors (Lipinski definition) is 3. The average Bonchev–Trinajstić information content (AvgIpc) is 1.84. The van der Waals surface area contributed by atoms with Crippen molar-refractivity contribution >= 4 is 18.4 Å². The smallest absolute Gasteiger partial charge is 0.307 e. The summed E-state index contributed by atoms with van der Waals surface area (Å²) in [4.78, 5) is 10.9. The number of hydrogen-bond donors (Lipinski definition) is 1. The molecule has 0 bridgehead atoms. The van der Waals surface area contributed by atoms with Gasteiger partial charge in [-0.2, -0.15) is 0 Å². The van der Waals surface area contributed by atoms with Crippen LogP contribution in [-0.2, 0) is 9.53 Å². The lowest BCUT2D eigenvalue weighted by Crippen LogP contribution is -2.26. The zero-order valence-corrected chi connectivity index (χ0v) is 9.39. The van der Waals surface area contributed by atoms with Crippen molar-refractivity contribution in [3.05, 3.63) is 0 Å². The van der Waals surface area contributed by atoms with Gasteiger partial charge in [0.25, 0.3) is 0 Å². The lowest BCUT2D eigenvalue weighted by Gasteiger charge is -2.12. The van der Waals surface area contributed by atoms with Crippen LogP contribution < -0.4 is 5.73 Å². The molecule has 0 saturated carbocycles. The van der Waals surface area contributed by atoms with E-state index in [0.717, 1.165) is 6.42 Å². The maximum absolute atomic E-state index is 10.9. The molecular weight excluding hydrogens is 190 g/mol. The summed E-state index contributed by atoms with van der Waals surface area (Å²) in [6.07, 6.45) is 1.21. The zero-order valence-electron chi connectivity index (χ0n) is 8.58. The van der Waals surface area contributed by atoms with Crippen molar-refractivity contribution in [2.24, 2.45) is 11.7 Å². The largest absolute Gasteiger partial charge is 0.466 e. The molecule has 0 aliphatic carbocycles. The highest BCUT2D eigenvalue weighted by molar-refractivity contribution is 5.85. The molecule has 0 fully saturated rings. The van der Waals surface area contributed by atoms with E-state index in [1.807, 2.05) is 0 Å². The minimum absolute atomic E-state index is 0. The van der Waals surface area contributed by atoms with Gasteiger partial charge in [-0.25, -0.2) is 0 Å². The van der Waals surface area contributed by atoms with Gasteiger partial charge in [0.05, 0.1) is 13.0 Å². The Labute approximate surface area is 86.4 Å². The van der Waals surface area contributed by atoms with Gasteiger partial charge in [0.1, 0.15) is 0 Å². The molecule has 0 radical (unpaired) electrons. The third kappa shape index (κ3) is 9.64. The predicted molar refractivity (Wildman–Crippen MR) is 55.9 cm³/mol. The molecule has 0 aliphatic heterocycles. The van der Waals surface area contributed by atoms with Crippen LogP contribution in [0.3, 0.4) is 0 Å². The van der Waals surface area contributed by atoms with Gasteiger partial charge in [0.2, 0.25) is 0 Å². The Kier molecular flexibility index (Phi) is 9.74. The fourth-order valence-corrected chi connectivity index (χ4v) is 1.12. The van der Waals surface area contributed by atoms with Crippen molar-refractivity contribution in [1.82, 2.24) is 0 Å². The lowest BCUT2D eigenvalue weighted by molar-refractivity contribution is -0.143. The van der Waals surface area contributed by atoms with E-state index in [1.54, 1.807) is 6.92 Å². The summed E-state index contributed by atoms with van der Waals surface area (Å²) in [5.41, 5.74) is 5.70. The van der Waals surface area contributed by atoms with Gasteiger partial charge in [0.15, 0.2) is 0 Å². The number of halogens is 1. The van der Waals surface area contributed by atoms with Crippen molar-refractivity contribution in [2.45, 2.75) is 39.7 Å². The summed E-state index contributed by atoms with van der Waals surface area (Å²) in [5, 5.41) is 0. The maximum atomic E-state index is 10.9. The summed E-state index contributed by atoms with van der Waals surface area (Å²) in [5.74, 6) is 0.347. The number of esters is 1. The molecule has 80 valence electrons. The van der Waals surface area contributed by atoms with Gasteiger partial charge < -0.3 is 10.5 Å². The molecule has 0 amide bonds. The first kappa shape index (κ1) is 15.2. The fraction of sp³-hybridized carbons (Fsp3) is 0.889. The van der Waals surface area contributed by atoms with Crippen LogP contribution in [0.1, 0.15) is 33.6 Å². The number of ether oxygens (including phenoxy) is 1. The molecule has 1 atom stereocenters. The first-order valence-corrected chi connectivity index (χ1v) is 4.47. The SMILES string of the molecule is CCOC(=O)C[C@H](N)CC(C)C.Cl. The standard InChI is InChI=1S/C9H19NO2.ClH/c1-4-12-9(11)6-8(10)5-7(2)3;/h7-8H,4-6,10H2,1-3H3;1H/t8-;/m1./s1. The van der Waals surface area contributed by atoms with Crippen molar-refractivity contribution in [2.75, 3.05) is 6.61 Å². The third-order valence-electron chi connectivity index (χ3n) is 1.51. The normalized spacial score (nSPS) is 12.1. The molecular formula is C9H20ClNO2. The maximum Gasteiger partial charge on any atom is 0.307 e. The molecule has 0 aromatic carbocycles. The minimum Gasteiger partial charge on any atom is -0.466 e. The molecule has 0 unspecified atom stereocenters. The summed E-state index contributed by atoms with van der Waals surface area (Å²) in [6, 6.07) is -0.0518. The number of nitrogens with two attached hydrogens (primary N) is 1. The van der Waals surface area contributed by atoms with Gasteiger partial charge in [0, 0.05) is 6.04 Å². The Morgan fingerprint density at radius 1 is 1.46 bits per heavy atom. The first-order chi connectivity index (χ1) is 5.56. The van der Waals surface area contributed by atoms with Crippen LogP contribution in [0.25, 0.3) is 0 Å². The van der Waals surface area contributed by atoms with Crippen LogP contribution >= 0.6 is 12.4 Å². The van der Waals surface area contributed by atoms with Gasteiger partial charge >= 0.3 is 5.97 Å². The van der Waals surface area contributed by atoms with E-state index in [9.17, 15) is 4.79 Å². The second-order valence-corrected chi connectivity index (χ2v) is 3.40. The van der Waals surface area contributed by atoms with Crippen molar-refractivity contribution in [3.8, 4) is 0 Å². The highest BCUT2D eigenvalue weighted by atomic mass is 35.5. The Morgan fingerprint density at radius 3 is 2.38 bits per heavy atom. The van der Waals surface area contributed by atoms with E-state index in [2.05, 4.69) is 13.8 Å². The number of carbonyl (C=O) groups excluding carboxylic acids is 1. The molecule has 13 heavy (non-hydrogen) atoms.